The van der Waals surface area contributed by atoms with Gasteiger partial charge >= 0.3 is 0 Å². The minimum absolute atomic E-state index is 0.0468. The van der Waals surface area contributed by atoms with E-state index < -0.39 is 0 Å². The lowest BCUT2D eigenvalue weighted by atomic mass is 10.2. The molecule has 2 amide bonds. The van der Waals surface area contributed by atoms with Crippen molar-refractivity contribution in [3.05, 3.63) is 46.8 Å². The van der Waals surface area contributed by atoms with Gasteiger partial charge in [-0.1, -0.05) is 18.2 Å². The van der Waals surface area contributed by atoms with Crippen LogP contribution in [0.3, 0.4) is 0 Å². The maximum absolute atomic E-state index is 12.2. The zero-order chi connectivity index (χ0) is 18.4. The third-order valence-electron chi connectivity index (χ3n) is 3.80. The Morgan fingerprint density at radius 2 is 1.92 bits per heavy atom. The first-order chi connectivity index (χ1) is 12.6. The van der Waals surface area contributed by atoms with Crippen LogP contribution >= 0.6 is 35.0 Å². The van der Waals surface area contributed by atoms with Crippen molar-refractivity contribution in [2.45, 2.75) is 11.1 Å². The van der Waals surface area contributed by atoms with Crippen LogP contribution in [0.1, 0.15) is 15.2 Å². The average molecular weight is 408 g/mol. The third kappa shape index (κ3) is 5.51. The van der Waals surface area contributed by atoms with Crippen LogP contribution in [0.5, 0.6) is 0 Å². The number of nitrogens with zero attached hydrogens (tertiary/aromatic N) is 1. The molecule has 2 heterocycles. The van der Waals surface area contributed by atoms with Crippen LogP contribution in [0.25, 0.3) is 0 Å². The van der Waals surface area contributed by atoms with Crippen molar-refractivity contribution in [1.82, 2.24) is 9.62 Å². The summed E-state index contributed by atoms with van der Waals surface area (Å²) in [6.07, 6.45) is 0. The molecule has 1 fully saturated rings. The molecule has 1 aromatic heterocycles. The van der Waals surface area contributed by atoms with E-state index in [1.54, 1.807) is 47.6 Å². The number of benzene rings is 1. The quantitative estimate of drug-likeness (QED) is 0.718. The van der Waals surface area contributed by atoms with Crippen molar-refractivity contribution >= 4 is 52.5 Å². The molecule has 1 aliphatic heterocycles. The lowest BCUT2D eigenvalue weighted by Gasteiger charge is -2.23. The van der Waals surface area contributed by atoms with Gasteiger partial charge in [0.1, 0.15) is 0 Å². The molecule has 0 atom stereocenters. The van der Waals surface area contributed by atoms with Crippen LogP contribution in [0.4, 0.5) is 5.69 Å². The first-order valence-electron chi connectivity index (χ1n) is 8.36. The lowest BCUT2D eigenvalue weighted by molar-refractivity contribution is -0.115. The summed E-state index contributed by atoms with van der Waals surface area (Å²) in [7, 11) is 0. The summed E-state index contributed by atoms with van der Waals surface area (Å²) < 4.78 is 3.55. The Morgan fingerprint density at radius 1 is 1.19 bits per heavy atom. The Kier molecular flexibility index (Phi) is 7.01. The van der Waals surface area contributed by atoms with Crippen LogP contribution in [-0.2, 0) is 4.79 Å². The Morgan fingerprint density at radius 3 is 2.65 bits per heavy atom. The molecule has 0 spiro atoms. The number of aryl methyl sites for hydroxylation is 1. The lowest BCUT2D eigenvalue weighted by Crippen LogP contribution is -2.32. The molecule has 138 valence electrons. The Bertz CT molecular complexity index is 758. The highest BCUT2D eigenvalue weighted by Gasteiger charge is 2.15. The predicted octanol–water partition coefficient (Wildman–Crippen LogP) is 3.48. The minimum Gasteiger partial charge on any atom is -0.343 e. The first kappa shape index (κ1) is 19.3. The van der Waals surface area contributed by atoms with Crippen molar-refractivity contribution < 1.29 is 9.59 Å². The average Bonchev–Trinajstić information content (AvgIpc) is 3.00. The van der Waals surface area contributed by atoms with Crippen molar-refractivity contribution in [1.29, 1.82) is 0 Å². The van der Waals surface area contributed by atoms with Gasteiger partial charge in [-0.2, -0.15) is 11.8 Å². The van der Waals surface area contributed by atoms with E-state index in [9.17, 15) is 9.59 Å². The normalized spacial score (nSPS) is 14.8. The molecule has 1 saturated heterocycles. The fourth-order valence-electron chi connectivity index (χ4n) is 2.44. The zero-order valence-electron chi connectivity index (χ0n) is 14.5. The number of thioether (sulfide) groups is 1. The van der Waals surface area contributed by atoms with Gasteiger partial charge in [-0.3, -0.25) is 9.59 Å². The van der Waals surface area contributed by atoms with E-state index in [0.717, 1.165) is 23.7 Å². The summed E-state index contributed by atoms with van der Waals surface area (Å²) in [5.41, 5.74) is 1.37. The van der Waals surface area contributed by atoms with E-state index in [2.05, 4.69) is 14.9 Å². The fourth-order valence-corrected chi connectivity index (χ4v) is 5.90. The van der Waals surface area contributed by atoms with Gasteiger partial charge in [0.2, 0.25) is 5.91 Å². The van der Waals surface area contributed by atoms with Crippen LogP contribution in [0.15, 0.2) is 40.6 Å². The molecule has 8 heteroatoms. The maximum Gasteiger partial charge on any atom is 0.251 e. The number of rotatable bonds is 6. The first-order valence-corrected chi connectivity index (χ1v) is 11.1. The molecule has 0 unspecified atom stereocenters. The van der Waals surface area contributed by atoms with Crippen LogP contribution < -0.4 is 10.6 Å². The summed E-state index contributed by atoms with van der Waals surface area (Å²) in [5.74, 6) is 1.87. The highest BCUT2D eigenvalue weighted by atomic mass is 32.2. The van der Waals surface area contributed by atoms with Gasteiger partial charge < -0.3 is 10.6 Å². The maximum atomic E-state index is 12.2. The summed E-state index contributed by atoms with van der Waals surface area (Å²) in [6, 6.07) is 10.9. The van der Waals surface area contributed by atoms with Crippen molar-refractivity contribution in [2.24, 2.45) is 0 Å². The third-order valence-corrected chi connectivity index (χ3v) is 6.99. The highest BCUT2D eigenvalue weighted by Crippen LogP contribution is 2.36. The molecule has 1 aliphatic rings. The smallest absolute Gasteiger partial charge is 0.251 e. The van der Waals surface area contributed by atoms with E-state index >= 15 is 0 Å². The summed E-state index contributed by atoms with van der Waals surface area (Å²) >= 11 is 5.43. The number of nitrogens with one attached hydrogen (secondary N) is 2. The Balaban J connectivity index is 1.50. The second-order valence-electron chi connectivity index (χ2n) is 5.76. The largest absolute Gasteiger partial charge is 0.343 e. The molecular formula is C18H21N3O2S3. The van der Waals surface area contributed by atoms with Crippen molar-refractivity contribution in [3.8, 4) is 0 Å². The number of amides is 2. The number of anilines is 1. The number of carbonyl (C=O) groups excluding carboxylic acids is 2. The van der Waals surface area contributed by atoms with Gasteiger partial charge in [0, 0.05) is 35.0 Å². The molecule has 2 N–H and O–H groups in total. The van der Waals surface area contributed by atoms with E-state index in [-0.39, 0.29) is 18.4 Å². The van der Waals surface area contributed by atoms with Crippen LogP contribution in [0.2, 0.25) is 0 Å². The standard InChI is InChI=1S/C18H21N3O2S3/c1-13-15(11-17(25-13)26-21-7-9-24-10-8-21)20-16(22)12-19-18(23)14-5-3-2-4-6-14/h2-6,11H,7-10,12H2,1H3,(H,19,23)(H,20,22). The van der Waals surface area contributed by atoms with E-state index in [1.165, 1.54) is 15.7 Å². The zero-order valence-corrected chi connectivity index (χ0v) is 16.9. The van der Waals surface area contributed by atoms with E-state index in [0.29, 0.717) is 5.56 Å². The molecule has 0 bridgehead atoms. The molecule has 26 heavy (non-hydrogen) atoms. The molecule has 0 saturated carbocycles. The van der Waals surface area contributed by atoms with Gasteiger partial charge in [0.15, 0.2) is 0 Å². The molecule has 1 aromatic carbocycles. The number of thiophene rings is 1. The van der Waals surface area contributed by atoms with Crippen molar-refractivity contribution in [3.63, 3.8) is 0 Å². The second-order valence-corrected chi connectivity index (χ2v) is 9.64. The SMILES string of the molecule is Cc1sc(SN2CCSCC2)cc1NC(=O)CNC(=O)c1ccccc1. The van der Waals surface area contributed by atoms with Crippen molar-refractivity contribution in [2.75, 3.05) is 36.5 Å². The Labute approximate surface area is 166 Å². The second kappa shape index (κ2) is 9.45. The van der Waals surface area contributed by atoms with Gasteiger partial charge in [0.25, 0.3) is 5.91 Å². The number of hydrogen-bond donors (Lipinski definition) is 2. The molecule has 3 rings (SSSR count). The minimum atomic E-state index is -0.248. The number of carbonyl (C=O) groups is 2. The van der Waals surface area contributed by atoms with Gasteiger partial charge in [-0.15, -0.1) is 11.3 Å². The molecule has 0 radical (unpaired) electrons. The monoisotopic (exact) mass is 407 g/mol. The molecule has 5 nitrogen and oxygen atoms in total. The van der Waals surface area contributed by atoms with E-state index in [1.807, 2.05) is 30.8 Å². The topological polar surface area (TPSA) is 61.4 Å². The molecule has 2 aromatic rings. The van der Waals surface area contributed by atoms with Gasteiger partial charge in [-0.05, 0) is 37.1 Å². The fraction of sp³-hybridized carbons (Fsp3) is 0.333. The summed E-state index contributed by atoms with van der Waals surface area (Å²) in [6.45, 7) is 4.12. The predicted molar refractivity (Wildman–Crippen MR) is 111 cm³/mol. The summed E-state index contributed by atoms with van der Waals surface area (Å²) in [5, 5.41) is 5.54. The molecule has 0 aliphatic carbocycles. The summed E-state index contributed by atoms with van der Waals surface area (Å²) in [4.78, 5) is 25.2. The Hall–Kier alpha value is -1.48. The highest BCUT2D eigenvalue weighted by molar-refractivity contribution is 8.00. The van der Waals surface area contributed by atoms with Gasteiger partial charge in [0.05, 0.1) is 16.4 Å². The van der Waals surface area contributed by atoms with Crippen LogP contribution in [0, 0.1) is 6.92 Å². The van der Waals surface area contributed by atoms with E-state index in [4.69, 9.17) is 0 Å². The molecular weight excluding hydrogens is 386 g/mol. The van der Waals surface area contributed by atoms with Crippen LogP contribution in [-0.4, -0.2) is 47.3 Å². The number of hydrogen-bond acceptors (Lipinski definition) is 6. The van der Waals surface area contributed by atoms with Gasteiger partial charge in [-0.25, -0.2) is 4.31 Å².